The van der Waals surface area contributed by atoms with Crippen LogP contribution in [-0.2, 0) is 6.54 Å². The summed E-state index contributed by atoms with van der Waals surface area (Å²) >= 11 is 1.54. The summed E-state index contributed by atoms with van der Waals surface area (Å²) in [6.07, 6.45) is 1.78. The van der Waals surface area contributed by atoms with Crippen LogP contribution < -0.4 is 10.2 Å². The number of carbonyl (C=O) groups excluding carboxylic acids is 2. The Morgan fingerprint density at radius 1 is 1.14 bits per heavy atom. The van der Waals surface area contributed by atoms with Crippen molar-refractivity contribution in [2.24, 2.45) is 0 Å². The van der Waals surface area contributed by atoms with Gasteiger partial charge in [-0.1, -0.05) is 23.9 Å². The first-order chi connectivity index (χ1) is 14.0. The van der Waals surface area contributed by atoms with E-state index in [2.05, 4.69) is 10.4 Å². The van der Waals surface area contributed by atoms with Crippen molar-refractivity contribution in [1.82, 2.24) is 9.78 Å². The van der Waals surface area contributed by atoms with Crippen molar-refractivity contribution in [3.05, 3.63) is 66.0 Å². The third kappa shape index (κ3) is 3.65. The zero-order chi connectivity index (χ0) is 20.5. The summed E-state index contributed by atoms with van der Waals surface area (Å²) < 4.78 is 1.71. The average Bonchev–Trinajstić information content (AvgIpc) is 3.15. The Morgan fingerprint density at radius 2 is 1.93 bits per heavy atom. The van der Waals surface area contributed by atoms with Crippen molar-refractivity contribution < 1.29 is 9.59 Å². The molecule has 3 aromatic rings. The molecule has 0 aliphatic carbocycles. The molecule has 0 unspecified atom stereocenters. The number of nitrogens with zero attached hydrogens (tertiary/aromatic N) is 3. The Kier molecular flexibility index (Phi) is 5.15. The Labute approximate surface area is 173 Å². The maximum Gasteiger partial charge on any atom is 0.276 e. The summed E-state index contributed by atoms with van der Waals surface area (Å²) in [7, 11) is 0. The van der Waals surface area contributed by atoms with Gasteiger partial charge >= 0.3 is 0 Å². The number of aromatic nitrogens is 2. The highest BCUT2D eigenvalue weighted by molar-refractivity contribution is 7.99. The van der Waals surface area contributed by atoms with Gasteiger partial charge in [0.2, 0.25) is 0 Å². The first kappa shape index (κ1) is 19.3. The molecule has 0 saturated heterocycles. The molecular weight excluding hydrogens is 384 g/mol. The quantitative estimate of drug-likeness (QED) is 0.683. The minimum Gasteiger partial charge on any atom is -0.321 e. The third-order valence-corrected chi connectivity index (χ3v) is 5.87. The molecule has 2 aromatic carbocycles. The predicted octanol–water partition coefficient (Wildman–Crippen LogP) is 4.68. The number of rotatable bonds is 4. The molecule has 0 radical (unpaired) electrons. The lowest BCUT2D eigenvalue weighted by Gasteiger charge is -2.27. The van der Waals surface area contributed by atoms with Crippen molar-refractivity contribution in [3.8, 4) is 0 Å². The topological polar surface area (TPSA) is 67.2 Å². The Balaban J connectivity index is 1.69. The zero-order valence-corrected chi connectivity index (χ0v) is 17.4. The normalized spacial score (nSPS) is 13.1. The summed E-state index contributed by atoms with van der Waals surface area (Å²) in [5, 5.41) is 7.16. The van der Waals surface area contributed by atoms with Crippen LogP contribution in [0.1, 0.15) is 41.6 Å². The number of fused-ring (bicyclic) bond motifs is 2. The van der Waals surface area contributed by atoms with Gasteiger partial charge in [0.25, 0.3) is 11.8 Å². The number of anilines is 2. The van der Waals surface area contributed by atoms with Crippen molar-refractivity contribution in [3.63, 3.8) is 0 Å². The van der Waals surface area contributed by atoms with Gasteiger partial charge in [-0.25, -0.2) is 0 Å². The second-order valence-corrected chi connectivity index (χ2v) is 8.14. The molecule has 2 heterocycles. The van der Waals surface area contributed by atoms with Crippen LogP contribution in [0.2, 0.25) is 0 Å². The van der Waals surface area contributed by atoms with Crippen molar-refractivity contribution >= 4 is 35.0 Å². The smallest absolute Gasteiger partial charge is 0.276 e. The second kappa shape index (κ2) is 7.75. The molecule has 1 aliphatic heterocycles. The maximum absolute atomic E-state index is 13.2. The van der Waals surface area contributed by atoms with E-state index >= 15 is 0 Å². The van der Waals surface area contributed by atoms with E-state index in [9.17, 15) is 9.59 Å². The zero-order valence-electron chi connectivity index (χ0n) is 16.5. The van der Waals surface area contributed by atoms with E-state index in [4.69, 9.17) is 0 Å². The molecule has 1 aromatic heterocycles. The number of hydrogen-bond donors (Lipinski definition) is 1. The highest BCUT2D eigenvalue weighted by Crippen LogP contribution is 2.43. The summed E-state index contributed by atoms with van der Waals surface area (Å²) in [5.74, 6) is -0.267. The van der Waals surface area contributed by atoms with Crippen LogP contribution in [0.25, 0.3) is 0 Å². The Bertz CT molecular complexity index is 1090. The largest absolute Gasteiger partial charge is 0.321 e. The molecule has 7 heteroatoms. The van der Waals surface area contributed by atoms with Crippen LogP contribution in [0.5, 0.6) is 0 Å². The number of amides is 2. The lowest BCUT2D eigenvalue weighted by atomic mass is 10.1. The van der Waals surface area contributed by atoms with Gasteiger partial charge in [0, 0.05) is 34.3 Å². The van der Waals surface area contributed by atoms with Gasteiger partial charge in [0.05, 0.1) is 11.3 Å². The van der Waals surface area contributed by atoms with E-state index in [0.29, 0.717) is 23.5 Å². The molecule has 4 rings (SSSR count). The predicted molar refractivity (Wildman–Crippen MR) is 115 cm³/mol. The van der Waals surface area contributed by atoms with Gasteiger partial charge in [0.15, 0.2) is 5.69 Å². The fourth-order valence-corrected chi connectivity index (χ4v) is 4.44. The van der Waals surface area contributed by atoms with E-state index < -0.39 is 0 Å². The second-order valence-electron chi connectivity index (χ2n) is 7.06. The van der Waals surface area contributed by atoms with Crippen LogP contribution in [0.3, 0.4) is 0 Å². The summed E-state index contributed by atoms with van der Waals surface area (Å²) in [4.78, 5) is 29.3. The van der Waals surface area contributed by atoms with Gasteiger partial charge < -0.3 is 10.2 Å². The van der Waals surface area contributed by atoms with E-state index in [-0.39, 0.29) is 17.9 Å². The Morgan fingerprint density at radius 3 is 2.66 bits per heavy atom. The highest BCUT2D eigenvalue weighted by Gasteiger charge is 2.29. The maximum atomic E-state index is 13.2. The summed E-state index contributed by atoms with van der Waals surface area (Å²) in [6.45, 7) is 6.68. The summed E-state index contributed by atoms with van der Waals surface area (Å²) in [6, 6.07) is 15.0. The van der Waals surface area contributed by atoms with Gasteiger partial charge in [-0.05, 0) is 57.2 Å². The third-order valence-electron chi connectivity index (χ3n) is 4.75. The molecule has 2 amide bonds. The van der Waals surface area contributed by atoms with Crippen LogP contribution >= 0.6 is 11.8 Å². The van der Waals surface area contributed by atoms with Gasteiger partial charge in [-0.2, -0.15) is 5.10 Å². The van der Waals surface area contributed by atoms with Gasteiger partial charge in [0.1, 0.15) is 0 Å². The van der Waals surface area contributed by atoms with Crippen LogP contribution in [0.15, 0.2) is 64.5 Å². The minimum atomic E-state index is -0.257. The number of nitrogens with one attached hydrogen (secondary N) is 1. The van der Waals surface area contributed by atoms with Crippen molar-refractivity contribution in [2.45, 2.75) is 43.1 Å². The molecule has 6 nitrogen and oxygen atoms in total. The monoisotopic (exact) mass is 406 g/mol. The standard InChI is InChI=1S/C22H22N4O2S/c1-4-25-12-11-17(24-25)21(27)23-15-9-10-18-20(13-15)29-19-8-6-5-7-16(19)22(28)26(18)14(2)3/h5-14H,4H2,1-3H3,(H,23,27). The molecule has 0 spiro atoms. The van der Waals surface area contributed by atoms with Crippen molar-refractivity contribution in [2.75, 3.05) is 10.2 Å². The van der Waals surface area contributed by atoms with Crippen LogP contribution in [0.4, 0.5) is 11.4 Å². The minimum absolute atomic E-state index is 0.00598. The SMILES string of the molecule is CCn1ccc(C(=O)Nc2ccc3c(c2)Sc2ccccc2C(=O)N3C(C)C)n1. The van der Waals surface area contributed by atoms with E-state index in [0.717, 1.165) is 15.5 Å². The molecule has 0 fully saturated rings. The average molecular weight is 407 g/mol. The van der Waals surface area contributed by atoms with E-state index in [1.54, 1.807) is 16.9 Å². The Hall–Kier alpha value is -3.06. The highest BCUT2D eigenvalue weighted by atomic mass is 32.2. The first-order valence-corrected chi connectivity index (χ1v) is 10.4. The van der Waals surface area contributed by atoms with Crippen LogP contribution in [0, 0.1) is 0 Å². The van der Waals surface area contributed by atoms with Gasteiger partial charge in [-0.3, -0.25) is 14.3 Å². The number of aryl methyl sites for hydroxylation is 1. The lowest BCUT2D eigenvalue weighted by molar-refractivity contribution is 0.0975. The molecule has 148 valence electrons. The molecule has 0 atom stereocenters. The molecule has 0 bridgehead atoms. The fourth-order valence-electron chi connectivity index (χ4n) is 3.33. The first-order valence-electron chi connectivity index (χ1n) is 9.57. The number of benzene rings is 2. The number of carbonyl (C=O) groups is 2. The molecule has 29 heavy (non-hydrogen) atoms. The van der Waals surface area contributed by atoms with E-state index in [1.807, 2.05) is 68.1 Å². The van der Waals surface area contributed by atoms with E-state index in [1.165, 1.54) is 11.8 Å². The molecule has 0 saturated carbocycles. The molecule has 1 aliphatic rings. The number of hydrogen-bond acceptors (Lipinski definition) is 4. The van der Waals surface area contributed by atoms with Crippen LogP contribution in [-0.4, -0.2) is 27.6 Å². The molecule has 1 N–H and O–H groups in total. The summed E-state index contributed by atoms with van der Waals surface area (Å²) in [5.41, 5.74) is 2.58. The van der Waals surface area contributed by atoms with Crippen molar-refractivity contribution in [1.29, 1.82) is 0 Å². The molecular formula is C22H22N4O2S. The van der Waals surface area contributed by atoms with Gasteiger partial charge in [-0.15, -0.1) is 0 Å². The lowest BCUT2D eigenvalue weighted by Crippen LogP contribution is -2.36. The fraction of sp³-hybridized carbons (Fsp3) is 0.227.